The van der Waals surface area contributed by atoms with Crippen molar-refractivity contribution in [2.24, 2.45) is 10.8 Å². The van der Waals surface area contributed by atoms with Gasteiger partial charge in [0.05, 0.1) is 7.11 Å². The highest BCUT2D eigenvalue weighted by atomic mass is 16.5. The number of carboxylic acids is 1. The van der Waals surface area contributed by atoms with Gasteiger partial charge < -0.3 is 19.5 Å². The highest BCUT2D eigenvalue weighted by molar-refractivity contribution is 6.07. The van der Waals surface area contributed by atoms with Crippen molar-refractivity contribution in [1.82, 2.24) is 4.90 Å². The number of Topliss-reactive ketones (excluding diaryl/α,β-unsaturated/α-hetero) is 2. The van der Waals surface area contributed by atoms with E-state index in [-0.39, 0.29) is 22.4 Å². The fourth-order valence-electron chi connectivity index (χ4n) is 7.14. The Balaban J connectivity index is 1.73. The van der Waals surface area contributed by atoms with E-state index in [4.69, 9.17) is 9.47 Å². The van der Waals surface area contributed by atoms with Crippen LogP contribution >= 0.6 is 0 Å². The van der Waals surface area contributed by atoms with Crippen molar-refractivity contribution in [3.05, 3.63) is 94.4 Å². The summed E-state index contributed by atoms with van der Waals surface area (Å²) in [6.07, 6.45) is 5.14. The third-order valence-corrected chi connectivity index (χ3v) is 8.90. The summed E-state index contributed by atoms with van der Waals surface area (Å²) in [6.45, 7) is 12.6. The summed E-state index contributed by atoms with van der Waals surface area (Å²) >= 11 is 0. The second-order valence-electron chi connectivity index (χ2n) is 13.8. The summed E-state index contributed by atoms with van der Waals surface area (Å²) in [4.78, 5) is 42.1. The van der Waals surface area contributed by atoms with Gasteiger partial charge >= 0.3 is 5.97 Å². The Hall–Kier alpha value is -4.13. The first kappa shape index (κ1) is 31.3. The molecule has 0 atom stereocenters. The van der Waals surface area contributed by atoms with Crippen molar-refractivity contribution in [2.45, 2.75) is 72.1 Å². The highest BCUT2D eigenvalue weighted by Gasteiger charge is 2.49. The molecule has 0 saturated carbocycles. The molecule has 1 aliphatic heterocycles. The summed E-state index contributed by atoms with van der Waals surface area (Å²) in [5.41, 5.74) is 5.61. The maximum Gasteiger partial charge on any atom is 0.341 e. The molecule has 5 rings (SSSR count). The zero-order valence-corrected chi connectivity index (χ0v) is 26.5. The number of allylic oxidation sites excluding steroid dienone is 5. The van der Waals surface area contributed by atoms with Gasteiger partial charge in [0.15, 0.2) is 29.7 Å². The van der Waals surface area contributed by atoms with E-state index in [0.717, 1.165) is 36.2 Å². The number of rotatable bonds is 10. The number of ether oxygens (including phenoxy) is 2. The van der Waals surface area contributed by atoms with Crippen molar-refractivity contribution >= 4 is 17.5 Å². The largest absolute Gasteiger partial charge is 0.493 e. The third-order valence-electron chi connectivity index (χ3n) is 8.90. The molecule has 0 unspecified atom stereocenters. The Kier molecular flexibility index (Phi) is 8.61. The standard InChI is InChI=1S/C37H43NO6/c1-7-11-24-16-25(17-30(43-6)35(24)44-22-31(41)42)32-33-26(18-36(2,3)20-28(33)39)38(15-14-23-12-9-8-10-13-23)27-19-37(4,5)21-29(40)34(27)32/h7-10,12-13,16-17,32H,1,11,14-15,18-22H2,2-6H3,(H,41,42). The molecule has 232 valence electrons. The first-order chi connectivity index (χ1) is 20.8. The van der Waals surface area contributed by atoms with Gasteiger partial charge in [-0.15, -0.1) is 6.58 Å². The quantitative estimate of drug-likeness (QED) is 0.301. The fraction of sp³-hybridized carbons (Fsp3) is 0.432. The van der Waals surface area contributed by atoms with Gasteiger partial charge in [0.1, 0.15) is 0 Å². The molecule has 7 nitrogen and oxygen atoms in total. The van der Waals surface area contributed by atoms with Gasteiger partial charge in [-0.2, -0.15) is 0 Å². The first-order valence-electron chi connectivity index (χ1n) is 15.3. The van der Waals surface area contributed by atoms with Crippen LogP contribution in [0, 0.1) is 10.8 Å². The van der Waals surface area contributed by atoms with E-state index in [1.54, 1.807) is 6.08 Å². The number of carbonyl (C=O) groups excluding carboxylic acids is 2. The van der Waals surface area contributed by atoms with E-state index in [1.807, 2.05) is 30.3 Å². The average Bonchev–Trinajstić information content (AvgIpc) is 2.94. The number of nitrogens with zero attached hydrogens (tertiary/aromatic N) is 1. The summed E-state index contributed by atoms with van der Waals surface area (Å²) in [6, 6.07) is 14.1. The number of carbonyl (C=O) groups is 3. The summed E-state index contributed by atoms with van der Waals surface area (Å²) in [7, 11) is 1.51. The van der Waals surface area contributed by atoms with Crippen molar-refractivity contribution in [1.29, 1.82) is 0 Å². The van der Waals surface area contributed by atoms with Gasteiger partial charge in [-0.25, -0.2) is 4.79 Å². The van der Waals surface area contributed by atoms with Gasteiger partial charge in [0.25, 0.3) is 0 Å². The molecule has 0 radical (unpaired) electrons. The van der Waals surface area contributed by atoms with Gasteiger partial charge in [0.2, 0.25) is 0 Å². The van der Waals surface area contributed by atoms with Crippen LogP contribution in [-0.4, -0.2) is 47.8 Å². The van der Waals surface area contributed by atoms with Crippen LogP contribution in [0.2, 0.25) is 0 Å². The number of hydrogen-bond donors (Lipinski definition) is 1. The minimum Gasteiger partial charge on any atom is -0.493 e. The zero-order chi connectivity index (χ0) is 31.8. The lowest BCUT2D eigenvalue weighted by molar-refractivity contribution is -0.139. The summed E-state index contributed by atoms with van der Waals surface area (Å²) in [5, 5.41) is 9.28. The van der Waals surface area contributed by atoms with E-state index < -0.39 is 18.5 Å². The predicted molar refractivity (Wildman–Crippen MR) is 170 cm³/mol. The molecule has 7 heteroatoms. The lowest BCUT2D eigenvalue weighted by atomic mass is 9.63. The minimum absolute atomic E-state index is 0.0607. The molecule has 0 spiro atoms. The molecule has 2 aromatic rings. The Morgan fingerprint density at radius 1 is 0.977 bits per heavy atom. The molecule has 2 aliphatic carbocycles. The fourth-order valence-corrected chi connectivity index (χ4v) is 7.14. The van der Waals surface area contributed by atoms with E-state index in [2.05, 4.69) is 51.3 Å². The number of carboxylic acid groups (broad SMARTS) is 1. The van der Waals surface area contributed by atoms with Crippen LogP contribution in [0.5, 0.6) is 11.5 Å². The molecule has 1 N–H and O–H groups in total. The second-order valence-corrected chi connectivity index (χ2v) is 13.8. The monoisotopic (exact) mass is 597 g/mol. The maximum atomic E-state index is 14.2. The molecular weight excluding hydrogens is 554 g/mol. The molecule has 44 heavy (non-hydrogen) atoms. The summed E-state index contributed by atoms with van der Waals surface area (Å²) in [5.74, 6) is -0.834. The van der Waals surface area contributed by atoms with Gasteiger partial charge in [-0.3, -0.25) is 9.59 Å². The van der Waals surface area contributed by atoms with Crippen molar-refractivity contribution in [2.75, 3.05) is 20.3 Å². The van der Waals surface area contributed by atoms with Gasteiger partial charge in [0, 0.05) is 53.4 Å². The molecule has 3 aliphatic rings. The van der Waals surface area contributed by atoms with Crippen LogP contribution in [0.3, 0.4) is 0 Å². The van der Waals surface area contributed by atoms with Crippen molar-refractivity contribution in [3.8, 4) is 11.5 Å². The predicted octanol–water partition coefficient (Wildman–Crippen LogP) is 6.82. The van der Waals surface area contributed by atoms with Crippen molar-refractivity contribution in [3.63, 3.8) is 0 Å². The normalized spacial score (nSPS) is 19.4. The first-order valence-corrected chi connectivity index (χ1v) is 15.3. The molecule has 0 amide bonds. The van der Waals surface area contributed by atoms with Crippen LogP contribution in [0.15, 0.2) is 77.7 Å². The second kappa shape index (κ2) is 12.1. The zero-order valence-electron chi connectivity index (χ0n) is 26.5. The number of benzene rings is 2. The summed E-state index contributed by atoms with van der Waals surface area (Å²) < 4.78 is 11.4. The van der Waals surface area contributed by atoms with E-state index >= 15 is 0 Å². The van der Waals surface area contributed by atoms with Gasteiger partial charge in [-0.05, 0) is 53.7 Å². The maximum absolute atomic E-state index is 14.2. The molecule has 0 aromatic heterocycles. The van der Waals surface area contributed by atoms with Crippen LogP contribution < -0.4 is 9.47 Å². The minimum atomic E-state index is -1.10. The number of hydrogen-bond acceptors (Lipinski definition) is 6. The Morgan fingerprint density at radius 2 is 1.57 bits per heavy atom. The molecule has 2 aromatic carbocycles. The Labute approximate surface area is 260 Å². The Bertz CT molecular complexity index is 1510. The van der Waals surface area contributed by atoms with E-state index in [9.17, 15) is 19.5 Å². The Morgan fingerprint density at radius 3 is 2.09 bits per heavy atom. The van der Waals surface area contributed by atoms with Gasteiger partial charge in [-0.1, -0.05) is 70.2 Å². The SMILES string of the molecule is C=CCc1cc(C2C3=C(CC(C)(C)CC3=O)N(CCc3ccccc3)C3=C2C(=O)CC(C)(C)C3)cc(OC)c1OCC(=O)O. The van der Waals surface area contributed by atoms with Crippen LogP contribution in [0.4, 0.5) is 0 Å². The van der Waals surface area contributed by atoms with Crippen LogP contribution in [0.1, 0.15) is 76.0 Å². The average molecular weight is 598 g/mol. The number of methoxy groups -OCH3 is 1. The highest BCUT2D eigenvalue weighted by Crippen LogP contribution is 2.55. The molecular formula is C37H43NO6. The lowest BCUT2D eigenvalue weighted by Crippen LogP contribution is -2.45. The molecule has 0 fully saturated rings. The number of ketones is 2. The van der Waals surface area contributed by atoms with E-state index in [1.165, 1.54) is 12.7 Å². The lowest BCUT2D eigenvalue weighted by Gasteiger charge is -2.49. The molecule has 0 saturated heterocycles. The van der Waals surface area contributed by atoms with E-state index in [0.29, 0.717) is 54.0 Å². The number of aliphatic carboxylic acids is 1. The smallest absolute Gasteiger partial charge is 0.341 e. The third kappa shape index (κ3) is 6.23. The van der Waals surface area contributed by atoms with Crippen LogP contribution in [0.25, 0.3) is 0 Å². The molecule has 0 bridgehead atoms. The topological polar surface area (TPSA) is 93.1 Å². The van der Waals surface area contributed by atoms with Crippen molar-refractivity contribution < 1.29 is 29.0 Å². The molecule has 1 heterocycles. The van der Waals surface area contributed by atoms with Crippen LogP contribution in [-0.2, 0) is 27.2 Å².